The van der Waals surface area contributed by atoms with Crippen LogP contribution in [0.5, 0.6) is 0 Å². The van der Waals surface area contributed by atoms with Gasteiger partial charge in [0.2, 0.25) is 11.8 Å². The molecule has 6 nitrogen and oxygen atoms in total. The van der Waals surface area contributed by atoms with Crippen LogP contribution in [0.15, 0.2) is 4.52 Å². The van der Waals surface area contributed by atoms with Crippen LogP contribution in [0.4, 0.5) is 0 Å². The smallest absolute Gasteiger partial charge is 0.240 e. The molecule has 0 aliphatic rings. The summed E-state index contributed by atoms with van der Waals surface area (Å²) in [4.78, 5) is 17.3. The van der Waals surface area contributed by atoms with Crippen molar-refractivity contribution in [3.63, 3.8) is 0 Å². The van der Waals surface area contributed by atoms with Gasteiger partial charge in [-0.2, -0.15) is 4.98 Å². The van der Waals surface area contributed by atoms with Crippen LogP contribution in [0.1, 0.15) is 46.3 Å². The molecule has 0 atom stereocenters. The molecular weight excluding hydrogens is 244 g/mol. The molecule has 1 aromatic rings. The molecule has 0 spiro atoms. The second-order valence-corrected chi connectivity index (χ2v) is 6.29. The average Bonchev–Trinajstić information content (AvgIpc) is 2.62. The summed E-state index contributed by atoms with van der Waals surface area (Å²) in [6.45, 7) is 11.7. The van der Waals surface area contributed by atoms with E-state index in [4.69, 9.17) is 10.3 Å². The second kappa shape index (κ2) is 6.14. The van der Waals surface area contributed by atoms with Crippen molar-refractivity contribution in [1.29, 1.82) is 0 Å². The largest absolute Gasteiger partial charge is 0.369 e. The molecule has 1 aromatic heterocycles. The second-order valence-electron chi connectivity index (χ2n) is 6.29. The lowest BCUT2D eigenvalue weighted by Gasteiger charge is -2.20. The Kier molecular flexibility index (Phi) is 5.05. The minimum Gasteiger partial charge on any atom is -0.369 e. The van der Waals surface area contributed by atoms with Gasteiger partial charge in [-0.25, -0.2) is 0 Å². The lowest BCUT2D eigenvalue weighted by molar-refractivity contribution is -0.119. The Bertz CT molecular complexity index is 421. The molecule has 0 unspecified atom stereocenters. The molecular formula is C13H24N4O2. The molecule has 0 bridgehead atoms. The van der Waals surface area contributed by atoms with E-state index in [-0.39, 0.29) is 17.9 Å². The highest BCUT2D eigenvalue weighted by atomic mass is 16.5. The highest BCUT2D eigenvalue weighted by Gasteiger charge is 2.22. The number of primary amides is 1. The van der Waals surface area contributed by atoms with E-state index >= 15 is 0 Å². The number of carbonyl (C=O) groups excluding carboxylic acids is 1. The molecule has 1 amide bonds. The highest BCUT2D eigenvalue weighted by molar-refractivity contribution is 5.75. The molecule has 0 saturated heterocycles. The van der Waals surface area contributed by atoms with Gasteiger partial charge in [0.15, 0.2) is 5.82 Å². The zero-order chi connectivity index (χ0) is 14.6. The zero-order valence-corrected chi connectivity index (χ0v) is 12.4. The van der Waals surface area contributed by atoms with Crippen molar-refractivity contribution in [2.45, 2.75) is 46.6 Å². The van der Waals surface area contributed by atoms with Gasteiger partial charge < -0.3 is 10.3 Å². The summed E-state index contributed by atoms with van der Waals surface area (Å²) < 4.78 is 5.23. The number of nitrogens with two attached hydrogens (primary N) is 1. The number of carbonyl (C=O) groups is 1. The van der Waals surface area contributed by atoms with Crippen molar-refractivity contribution >= 4 is 5.91 Å². The topological polar surface area (TPSA) is 85.2 Å². The first kappa shape index (κ1) is 15.6. The van der Waals surface area contributed by atoms with E-state index < -0.39 is 0 Å². The van der Waals surface area contributed by atoms with Crippen LogP contribution < -0.4 is 5.73 Å². The Labute approximate surface area is 114 Å². The Morgan fingerprint density at radius 1 is 1.42 bits per heavy atom. The Morgan fingerprint density at radius 2 is 2.05 bits per heavy atom. The lowest BCUT2D eigenvalue weighted by atomic mass is 9.96. The van der Waals surface area contributed by atoms with Gasteiger partial charge in [0.05, 0.1) is 13.1 Å². The lowest BCUT2D eigenvalue weighted by Crippen LogP contribution is -2.35. The molecule has 108 valence electrons. The first-order chi connectivity index (χ1) is 8.68. The third-order valence-corrected chi connectivity index (χ3v) is 2.50. The monoisotopic (exact) mass is 268 g/mol. The maximum Gasteiger partial charge on any atom is 0.240 e. The standard InChI is InChI=1S/C13H24N4O2/c1-9(2)6-17(7-10(14)18)8-11-15-12(16-19-11)13(3,4)5/h9H,6-8H2,1-5H3,(H2,14,18). The third-order valence-electron chi connectivity index (χ3n) is 2.50. The van der Waals surface area contributed by atoms with E-state index in [0.717, 1.165) is 6.54 Å². The summed E-state index contributed by atoms with van der Waals surface area (Å²) in [5.41, 5.74) is 5.11. The predicted molar refractivity (Wildman–Crippen MR) is 72.3 cm³/mol. The molecule has 0 radical (unpaired) electrons. The summed E-state index contributed by atoms with van der Waals surface area (Å²) >= 11 is 0. The van der Waals surface area contributed by atoms with Gasteiger partial charge in [0.25, 0.3) is 0 Å². The minimum absolute atomic E-state index is 0.145. The first-order valence-corrected chi connectivity index (χ1v) is 6.52. The summed E-state index contributed by atoms with van der Waals surface area (Å²) in [6, 6.07) is 0. The fourth-order valence-corrected chi connectivity index (χ4v) is 1.74. The molecule has 0 aliphatic carbocycles. The third kappa shape index (κ3) is 5.38. The van der Waals surface area contributed by atoms with Crippen LogP contribution in [-0.2, 0) is 16.8 Å². The zero-order valence-electron chi connectivity index (χ0n) is 12.4. The van der Waals surface area contributed by atoms with Crippen LogP contribution in [-0.4, -0.2) is 34.0 Å². The molecule has 0 aliphatic heterocycles. The fraction of sp³-hybridized carbons (Fsp3) is 0.769. The Morgan fingerprint density at radius 3 is 2.47 bits per heavy atom. The number of nitrogens with zero attached hydrogens (tertiary/aromatic N) is 3. The summed E-state index contributed by atoms with van der Waals surface area (Å²) in [7, 11) is 0. The van der Waals surface area contributed by atoms with Crippen LogP contribution >= 0.6 is 0 Å². The van der Waals surface area contributed by atoms with E-state index in [1.54, 1.807) is 0 Å². The molecule has 19 heavy (non-hydrogen) atoms. The maximum absolute atomic E-state index is 11.1. The van der Waals surface area contributed by atoms with E-state index in [0.29, 0.717) is 24.2 Å². The van der Waals surface area contributed by atoms with E-state index in [2.05, 4.69) is 24.0 Å². The van der Waals surface area contributed by atoms with Gasteiger partial charge in [0, 0.05) is 12.0 Å². The van der Waals surface area contributed by atoms with Crippen molar-refractivity contribution in [3.05, 3.63) is 11.7 Å². The van der Waals surface area contributed by atoms with Gasteiger partial charge in [-0.1, -0.05) is 39.8 Å². The van der Waals surface area contributed by atoms with Gasteiger partial charge in [-0.15, -0.1) is 0 Å². The van der Waals surface area contributed by atoms with Gasteiger partial charge >= 0.3 is 0 Å². The van der Waals surface area contributed by atoms with Crippen LogP contribution in [0.2, 0.25) is 0 Å². The maximum atomic E-state index is 11.1. The first-order valence-electron chi connectivity index (χ1n) is 6.52. The van der Waals surface area contributed by atoms with Gasteiger partial charge in [-0.3, -0.25) is 9.69 Å². The fourth-order valence-electron chi connectivity index (χ4n) is 1.74. The van der Waals surface area contributed by atoms with Gasteiger partial charge in [0.1, 0.15) is 0 Å². The van der Waals surface area contributed by atoms with Crippen molar-refractivity contribution in [3.8, 4) is 0 Å². The number of rotatable bonds is 6. The number of hydrogen-bond donors (Lipinski definition) is 1. The number of hydrogen-bond acceptors (Lipinski definition) is 5. The van der Waals surface area contributed by atoms with Gasteiger partial charge in [-0.05, 0) is 5.92 Å². The van der Waals surface area contributed by atoms with Crippen molar-refractivity contribution in [2.75, 3.05) is 13.1 Å². The van der Waals surface area contributed by atoms with Crippen LogP contribution in [0.25, 0.3) is 0 Å². The molecule has 0 saturated carbocycles. The molecule has 0 fully saturated rings. The molecule has 1 heterocycles. The number of amides is 1. The summed E-state index contributed by atoms with van der Waals surface area (Å²) in [5.74, 6) is 1.28. The molecule has 1 rings (SSSR count). The Hall–Kier alpha value is -1.43. The van der Waals surface area contributed by atoms with Crippen LogP contribution in [0, 0.1) is 5.92 Å². The Balaban J connectivity index is 2.73. The molecule has 2 N–H and O–H groups in total. The van der Waals surface area contributed by atoms with Crippen LogP contribution in [0.3, 0.4) is 0 Å². The SMILES string of the molecule is CC(C)CN(CC(N)=O)Cc1nc(C(C)(C)C)no1. The molecule has 0 aromatic carbocycles. The quantitative estimate of drug-likeness (QED) is 0.840. The summed E-state index contributed by atoms with van der Waals surface area (Å²) in [6.07, 6.45) is 0. The molecule has 6 heteroatoms. The van der Waals surface area contributed by atoms with E-state index in [9.17, 15) is 4.79 Å². The van der Waals surface area contributed by atoms with Crippen molar-refractivity contribution in [1.82, 2.24) is 15.0 Å². The average molecular weight is 268 g/mol. The number of aromatic nitrogens is 2. The summed E-state index contributed by atoms with van der Waals surface area (Å²) in [5, 5.41) is 3.97. The van der Waals surface area contributed by atoms with E-state index in [1.807, 2.05) is 25.7 Å². The van der Waals surface area contributed by atoms with Crippen molar-refractivity contribution < 1.29 is 9.32 Å². The highest BCUT2D eigenvalue weighted by Crippen LogP contribution is 2.19. The predicted octanol–water partition coefficient (Wildman–Crippen LogP) is 1.31. The van der Waals surface area contributed by atoms with E-state index in [1.165, 1.54) is 0 Å². The van der Waals surface area contributed by atoms with Crippen molar-refractivity contribution in [2.24, 2.45) is 11.7 Å². The minimum atomic E-state index is -0.351. The normalized spacial score (nSPS) is 12.4.